The van der Waals surface area contributed by atoms with Gasteiger partial charge in [-0.2, -0.15) is 0 Å². The van der Waals surface area contributed by atoms with E-state index in [4.69, 9.17) is 0 Å². The van der Waals surface area contributed by atoms with Gasteiger partial charge in [-0.3, -0.25) is 0 Å². The van der Waals surface area contributed by atoms with Crippen molar-refractivity contribution in [1.29, 1.82) is 0 Å². The van der Waals surface area contributed by atoms with Gasteiger partial charge < -0.3 is 4.90 Å². The van der Waals surface area contributed by atoms with E-state index in [1.165, 1.54) is 161 Å². The molecule has 200 valence electrons. The standard InChI is InChI=1S/C32H67N/c1-6-7-28-33(29-24-20-16-12-8-10-14-18-22-26-31(2)3)30-25-21-17-13-9-11-15-19-23-27-32(4)5/h31-32H,6-30H2,1-5H3. The Morgan fingerprint density at radius 1 is 0.364 bits per heavy atom. The Kier molecular flexibility index (Phi) is 26.5. The highest BCUT2D eigenvalue weighted by molar-refractivity contribution is 4.60. The van der Waals surface area contributed by atoms with Crippen LogP contribution in [0.25, 0.3) is 0 Å². The molecule has 0 amide bonds. The van der Waals surface area contributed by atoms with Crippen molar-refractivity contribution in [3.05, 3.63) is 0 Å². The molecule has 0 heterocycles. The van der Waals surface area contributed by atoms with Crippen LogP contribution in [-0.2, 0) is 0 Å². The quantitative estimate of drug-likeness (QED) is 0.109. The lowest BCUT2D eigenvalue weighted by molar-refractivity contribution is 0.256. The average molecular weight is 466 g/mol. The monoisotopic (exact) mass is 466 g/mol. The average Bonchev–Trinajstić information content (AvgIpc) is 2.78. The summed E-state index contributed by atoms with van der Waals surface area (Å²) in [6.45, 7) is 15.8. The number of rotatable bonds is 27. The van der Waals surface area contributed by atoms with E-state index >= 15 is 0 Å². The maximum absolute atomic E-state index is 2.78. The van der Waals surface area contributed by atoms with Gasteiger partial charge in [0.05, 0.1) is 0 Å². The van der Waals surface area contributed by atoms with Gasteiger partial charge in [0.1, 0.15) is 0 Å². The zero-order valence-corrected chi connectivity index (χ0v) is 24.3. The minimum Gasteiger partial charge on any atom is -0.303 e. The molecule has 0 unspecified atom stereocenters. The minimum atomic E-state index is 0.890. The Hall–Kier alpha value is -0.0400. The fourth-order valence-corrected chi connectivity index (χ4v) is 4.97. The Labute approximate surface area is 212 Å². The highest BCUT2D eigenvalue weighted by atomic mass is 15.1. The van der Waals surface area contributed by atoms with E-state index in [-0.39, 0.29) is 0 Å². The van der Waals surface area contributed by atoms with Gasteiger partial charge in [-0.1, -0.05) is 157 Å². The molecular weight excluding hydrogens is 398 g/mol. The molecule has 0 atom stereocenters. The van der Waals surface area contributed by atoms with Gasteiger partial charge in [0, 0.05) is 0 Å². The molecule has 33 heavy (non-hydrogen) atoms. The summed E-state index contributed by atoms with van der Waals surface area (Å²) in [6.07, 6.45) is 31.8. The van der Waals surface area contributed by atoms with E-state index in [0.29, 0.717) is 0 Å². The number of hydrogen-bond donors (Lipinski definition) is 0. The van der Waals surface area contributed by atoms with Gasteiger partial charge in [0.25, 0.3) is 0 Å². The van der Waals surface area contributed by atoms with E-state index in [1.807, 2.05) is 0 Å². The third-order valence-electron chi connectivity index (χ3n) is 7.34. The van der Waals surface area contributed by atoms with Gasteiger partial charge in [-0.25, -0.2) is 0 Å². The van der Waals surface area contributed by atoms with E-state index < -0.39 is 0 Å². The largest absolute Gasteiger partial charge is 0.303 e. The summed E-state index contributed by atoms with van der Waals surface area (Å²) in [5, 5.41) is 0. The zero-order chi connectivity index (χ0) is 24.4. The molecule has 0 aromatic heterocycles. The van der Waals surface area contributed by atoms with Crippen molar-refractivity contribution in [2.75, 3.05) is 19.6 Å². The fourth-order valence-electron chi connectivity index (χ4n) is 4.97. The number of hydrogen-bond acceptors (Lipinski definition) is 1. The van der Waals surface area contributed by atoms with Gasteiger partial charge in [-0.15, -0.1) is 0 Å². The third-order valence-corrected chi connectivity index (χ3v) is 7.34. The third kappa shape index (κ3) is 28.1. The van der Waals surface area contributed by atoms with Crippen LogP contribution in [0.4, 0.5) is 0 Å². The van der Waals surface area contributed by atoms with Crippen molar-refractivity contribution in [3.8, 4) is 0 Å². The molecule has 0 radical (unpaired) electrons. The molecule has 0 N–H and O–H groups in total. The first-order valence-electron chi connectivity index (χ1n) is 15.8. The summed E-state index contributed by atoms with van der Waals surface area (Å²) in [5.74, 6) is 1.78. The Balaban J connectivity index is 3.52. The van der Waals surface area contributed by atoms with Gasteiger partial charge in [0.15, 0.2) is 0 Å². The maximum atomic E-state index is 2.78. The SMILES string of the molecule is CCCCN(CCCCCCCCCCCC(C)C)CCCCCCCCCCCC(C)C. The Morgan fingerprint density at radius 3 is 0.939 bits per heavy atom. The molecule has 1 nitrogen and oxygen atoms in total. The smallest absolute Gasteiger partial charge is 0.00187 e. The molecule has 0 saturated carbocycles. The van der Waals surface area contributed by atoms with E-state index in [1.54, 1.807) is 0 Å². The first-order valence-corrected chi connectivity index (χ1v) is 15.8. The summed E-state index contributed by atoms with van der Waals surface area (Å²) >= 11 is 0. The van der Waals surface area contributed by atoms with Gasteiger partial charge in [0.2, 0.25) is 0 Å². The van der Waals surface area contributed by atoms with Crippen molar-refractivity contribution in [2.24, 2.45) is 11.8 Å². The molecule has 0 fully saturated rings. The minimum absolute atomic E-state index is 0.890. The summed E-state index contributed by atoms with van der Waals surface area (Å²) in [4.78, 5) is 2.78. The van der Waals surface area contributed by atoms with Crippen LogP contribution in [0, 0.1) is 11.8 Å². The van der Waals surface area contributed by atoms with Crippen LogP contribution >= 0.6 is 0 Å². The van der Waals surface area contributed by atoms with Gasteiger partial charge in [-0.05, 0) is 50.7 Å². The fraction of sp³-hybridized carbons (Fsp3) is 1.00. The molecule has 0 aliphatic rings. The number of unbranched alkanes of at least 4 members (excludes halogenated alkanes) is 17. The molecule has 0 aromatic rings. The Morgan fingerprint density at radius 2 is 0.636 bits per heavy atom. The van der Waals surface area contributed by atoms with Crippen molar-refractivity contribution < 1.29 is 0 Å². The molecule has 0 saturated heterocycles. The molecule has 0 bridgehead atoms. The molecule has 0 spiro atoms. The molecule has 0 aromatic carbocycles. The first-order chi connectivity index (χ1) is 16.1. The van der Waals surface area contributed by atoms with E-state index in [9.17, 15) is 0 Å². The summed E-state index contributed by atoms with van der Waals surface area (Å²) in [5.41, 5.74) is 0. The van der Waals surface area contributed by atoms with Crippen LogP contribution in [0.15, 0.2) is 0 Å². The lowest BCUT2D eigenvalue weighted by Gasteiger charge is -2.22. The molecular formula is C32H67N. The summed E-state index contributed by atoms with van der Waals surface area (Å²) in [7, 11) is 0. The van der Waals surface area contributed by atoms with Crippen LogP contribution in [0.1, 0.15) is 176 Å². The van der Waals surface area contributed by atoms with Crippen molar-refractivity contribution in [2.45, 2.75) is 176 Å². The zero-order valence-electron chi connectivity index (χ0n) is 24.3. The van der Waals surface area contributed by atoms with Crippen LogP contribution < -0.4 is 0 Å². The van der Waals surface area contributed by atoms with Gasteiger partial charge >= 0.3 is 0 Å². The van der Waals surface area contributed by atoms with Crippen molar-refractivity contribution >= 4 is 0 Å². The topological polar surface area (TPSA) is 3.24 Å². The normalized spacial score (nSPS) is 12.0. The van der Waals surface area contributed by atoms with Crippen LogP contribution in [-0.4, -0.2) is 24.5 Å². The predicted molar refractivity (Wildman–Crippen MR) is 153 cm³/mol. The highest BCUT2D eigenvalue weighted by Crippen LogP contribution is 2.15. The number of nitrogens with zero attached hydrogens (tertiary/aromatic N) is 1. The molecule has 1 heteroatoms. The lowest BCUT2D eigenvalue weighted by atomic mass is 10.0. The Bertz CT molecular complexity index is 318. The highest BCUT2D eigenvalue weighted by Gasteiger charge is 2.04. The lowest BCUT2D eigenvalue weighted by Crippen LogP contribution is -2.27. The molecule has 0 aliphatic heterocycles. The van der Waals surface area contributed by atoms with E-state index in [2.05, 4.69) is 39.5 Å². The van der Waals surface area contributed by atoms with Crippen molar-refractivity contribution in [3.63, 3.8) is 0 Å². The second-order valence-electron chi connectivity index (χ2n) is 11.9. The second kappa shape index (κ2) is 26.6. The summed E-state index contributed by atoms with van der Waals surface area (Å²) < 4.78 is 0. The predicted octanol–water partition coefficient (Wildman–Crippen LogP) is 11.2. The summed E-state index contributed by atoms with van der Waals surface area (Å²) in [6, 6.07) is 0. The van der Waals surface area contributed by atoms with E-state index in [0.717, 1.165) is 11.8 Å². The van der Waals surface area contributed by atoms with Crippen LogP contribution in [0.3, 0.4) is 0 Å². The molecule has 0 aliphatic carbocycles. The second-order valence-corrected chi connectivity index (χ2v) is 11.9. The maximum Gasteiger partial charge on any atom is -0.00187 e. The first kappa shape index (κ1) is 33.0. The van der Waals surface area contributed by atoms with Crippen LogP contribution in [0.5, 0.6) is 0 Å². The van der Waals surface area contributed by atoms with Crippen molar-refractivity contribution in [1.82, 2.24) is 4.90 Å². The molecule has 0 rings (SSSR count). The van der Waals surface area contributed by atoms with Crippen LogP contribution in [0.2, 0.25) is 0 Å².